The van der Waals surface area contributed by atoms with Crippen LogP contribution in [0, 0.1) is 0 Å². The Morgan fingerprint density at radius 1 is 0.383 bits per heavy atom. The molecule has 2 aliphatic heterocycles. The summed E-state index contributed by atoms with van der Waals surface area (Å²) in [5.74, 6) is 0. The van der Waals surface area contributed by atoms with E-state index in [2.05, 4.69) is 143 Å². The summed E-state index contributed by atoms with van der Waals surface area (Å²) < 4.78 is 13.0. The van der Waals surface area contributed by atoms with Gasteiger partial charge in [-0.05, 0) is 71.0 Å². The van der Waals surface area contributed by atoms with Crippen LogP contribution in [-0.4, -0.2) is 6.71 Å². The molecule has 0 N–H and O–H groups in total. The minimum Gasteiger partial charge on any atom is -0.456 e. The number of hydrogen-bond donors (Lipinski definition) is 0. The van der Waals surface area contributed by atoms with E-state index in [-0.39, 0.29) is 6.71 Å². The van der Waals surface area contributed by atoms with E-state index in [1.807, 2.05) is 18.2 Å². The Morgan fingerprint density at radius 2 is 0.915 bits per heavy atom. The molecule has 0 radical (unpaired) electrons. The lowest BCUT2D eigenvalue weighted by Crippen LogP contribution is -2.61. The van der Waals surface area contributed by atoms with Crippen LogP contribution in [0.1, 0.15) is 0 Å². The second kappa shape index (κ2) is 9.18. The molecule has 9 aromatic rings. The molecular weight excluding hydrogens is 575 g/mol. The number of nitrogens with zero attached hydrogens (tertiary/aromatic N) is 2. The lowest BCUT2D eigenvalue weighted by molar-refractivity contribution is 0.668. The van der Waals surface area contributed by atoms with Crippen molar-refractivity contribution in [3.63, 3.8) is 0 Å². The van der Waals surface area contributed by atoms with E-state index in [9.17, 15) is 0 Å². The van der Waals surface area contributed by atoms with Gasteiger partial charge in [0.2, 0.25) is 0 Å². The highest BCUT2D eigenvalue weighted by atomic mass is 16.3. The van der Waals surface area contributed by atoms with Gasteiger partial charge in [0.15, 0.2) is 5.58 Å². The fourth-order valence-electron chi connectivity index (χ4n) is 8.14. The van der Waals surface area contributed by atoms with Gasteiger partial charge in [-0.3, -0.25) is 0 Å². The molecule has 0 spiro atoms. The van der Waals surface area contributed by atoms with E-state index in [1.54, 1.807) is 0 Å². The van der Waals surface area contributed by atoms with Gasteiger partial charge in [-0.15, -0.1) is 0 Å². The molecule has 4 heterocycles. The standard InChI is InChI=1S/C42H25BN2O2/c1-7-21-38-27(11-1)29-24-23-26(25-40(29)46-38)44-33-16-5-3-14-31(33)43-32-15-4-6-17-34(32)45(36-19-10-18-35(44)41(36)43)37-20-9-13-30-28-12-2-8-22-39(28)47-42(30)37/h1-25H. The van der Waals surface area contributed by atoms with Gasteiger partial charge in [0.05, 0.1) is 5.69 Å². The molecule has 0 amide bonds. The maximum Gasteiger partial charge on any atom is 0.252 e. The molecule has 0 bridgehead atoms. The van der Waals surface area contributed by atoms with Crippen molar-refractivity contribution in [3.8, 4) is 0 Å². The van der Waals surface area contributed by atoms with Gasteiger partial charge in [0, 0.05) is 56.0 Å². The van der Waals surface area contributed by atoms with Crippen LogP contribution >= 0.6 is 0 Å². The summed E-state index contributed by atoms with van der Waals surface area (Å²) in [6.45, 7) is 0.0749. The van der Waals surface area contributed by atoms with E-state index >= 15 is 0 Å². The van der Waals surface area contributed by atoms with Crippen LogP contribution in [0.5, 0.6) is 0 Å². The molecule has 5 heteroatoms. The number of furan rings is 2. The molecule has 47 heavy (non-hydrogen) atoms. The Balaban J connectivity index is 1.20. The summed E-state index contributed by atoms with van der Waals surface area (Å²) in [5, 5.41) is 4.51. The van der Waals surface area contributed by atoms with Crippen LogP contribution < -0.4 is 26.2 Å². The average Bonchev–Trinajstić information content (AvgIpc) is 3.70. The van der Waals surface area contributed by atoms with Crippen LogP contribution in [0.15, 0.2) is 160 Å². The molecule has 2 aromatic heterocycles. The Kier molecular flexibility index (Phi) is 4.89. The highest BCUT2D eigenvalue weighted by Gasteiger charge is 2.43. The number of hydrogen-bond acceptors (Lipinski definition) is 4. The van der Waals surface area contributed by atoms with Crippen molar-refractivity contribution in [2.75, 3.05) is 9.80 Å². The molecule has 0 fully saturated rings. The molecule has 2 aliphatic rings. The fourth-order valence-corrected chi connectivity index (χ4v) is 8.14. The van der Waals surface area contributed by atoms with E-state index in [4.69, 9.17) is 8.83 Å². The van der Waals surface area contributed by atoms with Crippen LogP contribution in [-0.2, 0) is 0 Å². The van der Waals surface area contributed by atoms with Crippen molar-refractivity contribution in [1.82, 2.24) is 0 Å². The molecule has 218 valence electrons. The second-order valence-corrected chi connectivity index (χ2v) is 12.5. The van der Waals surface area contributed by atoms with Crippen LogP contribution in [0.3, 0.4) is 0 Å². The third-order valence-electron chi connectivity index (χ3n) is 10.1. The fraction of sp³-hybridized carbons (Fsp3) is 0. The van der Waals surface area contributed by atoms with Gasteiger partial charge in [-0.2, -0.15) is 0 Å². The quantitative estimate of drug-likeness (QED) is 0.185. The van der Waals surface area contributed by atoms with Gasteiger partial charge in [0.1, 0.15) is 16.7 Å². The molecule has 7 aromatic carbocycles. The molecule has 0 aliphatic carbocycles. The zero-order valence-electron chi connectivity index (χ0n) is 25.2. The summed E-state index contributed by atoms with van der Waals surface area (Å²) in [4.78, 5) is 4.81. The highest BCUT2D eigenvalue weighted by molar-refractivity contribution is 7.00. The first kappa shape index (κ1) is 25.0. The molecule has 0 unspecified atom stereocenters. The van der Waals surface area contributed by atoms with Gasteiger partial charge in [-0.25, -0.2) is 0 Å². The molecule has 11 rings (SSSR count). The van der Waals surface area contributed by atoms with Crippen molar-refractivity contribution in [2.24, 2.45) is 0 Å². The summed E-state index contributed by atoms with van der Waals surface area (Å²) in [6, 6.07) is 54.1. The Labute approximate surface area is 270 Å². The molecule has 0 saturated heterocycles. The topological polar surface area (TPSA) is 32.8 Å². The highest BCUT2D eigenvalue weighted by Crippen LogP contribution is 2.47. The number of rotatable bonds is 2. The van der Waals surface area contributed by atoms with E-state index < -0.39 is 0 Å². The summed E-state index contributed by atoms with van der Waals surface area (Å²) >= 11 is 0. The van der Waals surface area contributed by atoms with Gasteiger partial charge in [-0.1, -0.05) is 91.0 Å². The van der Waals surface area contributed by atoms with Gasteiger partial charge in [0.25, 0.3) is 6.71 Å². The summed E-state index contributed by atoms with van der Waals surface area (Å²) in [5.41, 5.74) is 14.2. The third kappa shape index (κ3) is 3.32. The van der Waals surface area contributed by atoms with Crippen molar-refractivity contribution >= 4 is 101 Å². The van der Waals surface area contributed by atoms with Crippen LogP contribution in [0.4, 0.5) is 34.1 Å². The van der Waals surface area contributed by atoms with E-state index in [1.165, 1.54) is 27.8 Å². The zero-order chi connectivity index (χ0) is 30.6. The average molecular weight is 600 g/mol. The number of anilines is 6. The molecule has 0 saturated carbocycles. The molecular formula is C42H25BN2O2. The van der Waals surface area contributed by atoms with Crippen molar-refractivity contribution in [2.45, 2.75) is 0 Å². The lowest BCUT2D eigenvalue weighted by atomic mass is 9.33. The van der Waals surface area contributed by atoms with Crippen LogP contribution in [0.2, 0.25) is 0 Å². The monoisotopic (exact) mass is 600 g/mol. The maximum absolute atomic E-state index is 6.61. The van der Waals surface area contributed by atoms with E-state index in [0.29, 0.717) is 0 Å². The normalized spacial score (nSPS) is 13.4. The predicted molar refractivity (Wildman–Crippen MR) is 195 cm³/mol. The third-order valence-corrected chi connectivity index (χ3v) is 10.1. The Hall–Kier alpha value is -6.20. The molecule has 0 atom stereocenters. The van der Waals surface area contributed by atoms with Crippen molar-refractivity contribution in [1.29, 1.82) is 0 Å². The maximum atomic E-state index is 6.61. The van der Waals surface area contributed by atoms with Crippen molar-refractivity contribution < 1.29 is 8.83 Å². The first-order chi connectivity index (χ1) is 23.3. The Bertz CT molecular complexity index is 2740. The minimum absolute atomic E-state index is 0.0749. The Morgan fingerprint density at radius 3 is 1.70 bits per heavy atom. The largest absolute Gasteiger partial charge is 0.456 e. The number of para-hydroxylation sites is 5. The SMILES string of the molecule is c1ccc2c(c1)B1c3ccccc3N(c3cccc4c3oc3ccccc34)c3cccc(c31)N2c1ccc2c(c1)oc1ccccc12. The summed E-state index contributed by atoms with van der Waals surface area (Å²) in [7, 11) is 0. The first-order valence-electron chi connectivity index (χ1n) is 16.1. The molecule has 4 nitrogen and oxygen atoms in total. The van der Waals surface area contributed by atoms with Crippen LogP contribution in [0.25, 0.3) is 43.9 Å². The van der Waals surface area contributed by atoms with Gasteiger partial charge >= 0.3 is 0 Å². The lowest BCUT2D eigenvalue weighted by Gasteiger charge is -2.43. The number of fused-ring (bicyclic) bond motifs is 10. The number of benzene rings is 7. The van der Waals surface area contributed by atoms with E-state index in [0.717, 1.165) is 66.6 Å². The second-order valence-electron chi connectivity index (χ2n) is 12.5. The first-order valence-corrected chi connectivity index (χ1v) is 16.1. The van der Waals surface area contributed by atoms with Gasteiger partial charge < -0.3 is 18.6 Å². The summed E-state index contributed by atoms with van der Waals surface area (Å²) in [6.07, 6.45) is 0. The smallest absolute Gasteiger partial charge is 0.252 e. The zero-order valence-corrected chi connectivity index (χ0v) is 25.2. The van der Waals surface area contributed by atoms with Crippen molar-refractivity contribution in [3.05, 3.63) is 152 Å². The minimum atomic E-state index is 0.0749. The predicted octanol–water partition coefficient (Wildman–Crippen LogP) is 9.57.